The van der Waals surface area contributed by atoms with Crippen LogP contribution < -0.4 is 4.74 Å². The normalized spacial score (nSPS) is 15.1. The van der Waals surface area contributed by atoms with E-state index in [0.717, 1.165) is 37.4 Å². The number of hydrogen-bond acceptors (Lipinski definition) is 4. The Labute approximate surface area is 165 Å². The molecule has 144 valence electrons. The van der Waals surface area contributed by atoms with Crippen molar-refractivity contribution < 1.29 is 9.53 Å². The molecular formula is C21H26ClN3O2. The first-order chi connectivity index (χ1) is 13.1. The molecule has 0 saturated carbocycles. The zero-order chi connectivity index (χ0) is 19.1. The number of benzene rings is 1. The van der Waals surface area contributed by atoms with Crippen molar-refractivity contribution in [3.05, 3.63) is 59.4 Å². The van der Waals surface area contributed by atoms with Crippen LogP contribution in [0.3, 0.4) is 0 Å². The molecule has 1 aromatic carbocycles. The second-order valence-corrected chi connectivity index (χ2v) is 7.52. The number of likely N-dealkylation sites (N-methyl/N-ethyl adjacent to an activating group) is 1. The summed E-state index contributed by atoms with van der Waals surface area (Å²) in [4.78, 5) is 20.8. The van der Waals surface area contributed by atoms with Gasteiger partial charge >= 0.3 is 0 Å². The number of amides is 1. The Morgan fingerprint density at radius 1 is 1.22 bits per heavy atom. The molecule has 1 amide bonds. The second-order valence-electron chi connectivity index (χ2n) is 7.08. The van der Waals surface area contributed by atoms with E-state index in [4.69, 9.17) is 16.3 Å². The molecule has 1 saturated heterocycles. The Bertz CT molecular complexity index is 716. The summed E-state index contributed by atoms with van der Waals surface area (Å²) in [5.41, 5.74) is 0.978. The molecule has 0 radical (unpaired) electrons. The van der Waals surface area contributed by atoms with E-state index in [1.54, 1.807) is 6.20 Å². The number of carbonyl (C=O) groups excluding carboxylic acids is 1. The summed E-state index contributed by atoms with van der Waals surface area (Å²) in [5, 5.41) is 0.710. The van der Waals surface area contributed by atoms with Gasteiger partial charge in [0.2, 0.25) is 5.91 Å². The van der Waals surface area contributed by atoms with Crippen molar-refractivity contribution in [3.63, 3.8) is 0 Å². The summed E-state index contributed by atoms with van der Waals surface area (Å²) < 4.78 is 5.85. The van der Waals surface area contributed by atoms with Gasteiger partial charge in [0.25, 0.3) is 0 Å². The highest BCUT2D eigenvalue weighted by Crippen LogP contribution is 2.21. The van der Waals surface area contributed by atoms with Gasteiger partial charge in [0.05, 0.1) is 18.8 Å². The van der Waals surface area contributed by atoms with Crippen LogP contribution >= 0.6 is 11.6 Å². The fourth-order valence-corrected chi connectivity index (χ4v) is 3.37. The van der Waals surface area contributed by atoms with Crippen molar-refractivity contribution in [2.75, 3.05) is 33.3 Å². The highest BCUT2D eigenvalue weighted by atomic mass is 35.5. The molecule has 2 aromatic rings. The van der Waals surface area contributed by atoms with Gasteiger partial charge in [-0.25, -0.2) is 0 Å². The van der Waals surface area contributed by atoms with Crippen molar-refractivity contribution in [1.29, 1.82) is 0 Å². The standard InChI is InChI=1S/C21H26ClN3O2/c1-24(14-19-4-2-3-11-23-19)15-21(26)25-12-9-17(10-13-25)16-27-20-7-5-18(22)6-8-20/h2-8,11,17H,9-10,12-16H2,1H3. The maximum atomic E-state index is 12.5. The van der Waals surface area contributed by atoms with Gasteiger partial charge in [0, 0.05) is 30.9 Å². The number of piperidine rings is 1. The van der Waals surface area contributed by atoms with Gasteiger partial charge in [-0.1, -0.05) is 17.7 Å². The van der Waals surface area contributed by atoms with Crippen LogP contribution in [0.2, 0.25) is 5.02 Å². The minimum atomic E-state index is 0.186. The SMILES string of the molecule is CN(CC(=O)N1CCC(COc2ccc(Cl)cc2)CC1)Cc1ccccn1. The average molecular weight is 388 g/mol. The van der Waals surface area contributed by atoms with Crippen LogP contribution in [0.15, 0.2) is 48.7 Å². The Morgan fingerprint density at radius 2 is 1.96 bits per heavy atom. The summed E-state index contributed by atoms with van der Waals surface area (Å²) in [5.74, 6) is 1.51. The van der Waals surface area contributed by atoms with E-state index in [1.807, 2.05) is 59.3 Å². The molecule has 1 aliphatic heterocycles. The van der Waals surface area contributed by atoms with Gasteiger partial charge in [-0.05, 0) is 62.2 Å². The number of halogens is 1. The molecule has 5 nitrogen and oxygen atoms in total. The van der Waals surface area contributed by atoms with Crippen molar-refractivity contribution in [2.45, 2.75) is 19.4 Å². The molecule has 0 spiro atoms. The molecule has 1 fully saturated rings. The molecule has 27 heavy (non-hydrogen) atoms. The summed E-state index contributed by atoms with van der Waals surface area (Å²) >= 11 is 5.89. The quantitative estimate of drug-likeness (QED) is 0.729. The first-order valence-electron chi connectivity index (χ1n) is 9.35. The molecule has 6 heteroatoms. The van der Waals surface area contributed by atoms with Gasteiger partial charge in [0.1, 0.15) is 5.75 Å². The van der Waals surface area contributed by atoms with Crippen LogP contribution in [0.25, 0.3) is 0 Å². The zero-order valence-electron chi connectivity index (χ0n) is 15.7. The van der Waals surface area contributed by atoms with Crippen LogP contribution in [-0.2, 0) is 11.3 Å². The van der Waals surface area contributed by atoms with Crippen LogP contribution in [0.5, 0.6) is 5.75 Å². The molecule has 0 N–H and O–H groups in total. The van der Waals surface area contributed by atoms with Gasteiger partial charge in [0.15, 0.2) is 0 Å². The lowest BCUT2D eigenvalue weighted by molar-refractivity contribution is -0.133. The first-order valence-corrected chi connectivity index (χ1v) is 9.72. The lowest BCUT2D eigenvalue weighted by atomic mass is 9.98. The number of aromatic nitrogens is 1. The van der Waals surface area contributed by atoms with Crippen molar-refractivity contribution in [3.8, 4) is 5.75 Å². The summed E-state index contributed by atoms with van der Waals surface area (Å²) in [6.07, 6.45) is 3.73. The van der Waals surface area contributed by atoms with Gasteiger partial charge in [-0.15, -0.1) is 0 Å². The van der Waals surface area contributed by atoms with Gasteiger partial charge < -0.3 is 9.64 Å². The maximum absolute atomic E-state index is 12.5. The minimum Gasteiger partial charge on any atom is -0.493 e. The number of rotatable bonds is 7. The van der Waals surface area contributed by atoms with E-state index in [-0.39, 0.29) is 5.91 Å². The van der Waals surface area contributed by atoms with Crippen LogP contribution in [-0.4, -0.2) is 54.0 Å². The molecule has 0 atom stereocenters. The number of likely N-dealkylation sites (tertiary alicyclic amines) is 1. The van der Waals surface area contributed by atoms with Crippen molar-refractivity contribution >= 4 is 17.5 Å². The van der Waals surface area contributed by atoms with Crippen LogP contribution in [0, 0.1) is 5.92 Å². The second kappa shape index (κ2) is 9.72. The Balaban J connectivity index is 1.37. The highest BCUT2D eigenvalue weighted by Gasteiger charge is 2.24. The molecule has 1 aliphatic rings. The number of carbonyl (C=O) groups is 1. The van der Waals surface area contributed by atoms with E-state index in [9.17, 15) is 4.79 Å². The molecule has 2 heterocycles. The Morgan fingerprint density at radius 3 is 2.63 bits per heavy atom. The number of hydrogen-bond donors (Lipinski definition) is 0. The molecular weight excluding hydrogens is 362 g/mol. The third-order valence-electron chi connectivity index (χ3n) is 4.83. The summed E-state index contributed by atoms with van der Waals surface area (Å²) in [7, 11) is 1.96. The lowest BCUT2D eigenvalue weighted by Gasteiger charge is -2.33. The Kier molecular flexibility index (Phi) is 7.07. The number of nitrogens with zero attached hydrogens (tertiary/aromatic N) is 3. The molecule has 0 bridgehead atoms. The van der Waals surface area contributed by atoms with E-state index in [0.29, 0.717) is 30.6 Å². The van der Waals surface area contributed by atoms with E-state index >= 15 is 0 Å². The third-order valence-corrected chi connectivity index (χ3v) is 5.08. The van der Waals surface area contributed by atoms with Crippen LogP contribution in [0.4, 0.5) is 0 Å². The monoisotopic (exact) mass is 387 g/mol. The van der Waals surface area contributed by atoms with Crippen molar-refractivity contribution in [1.82, 2.24) is 14.8 Å². The van der Waals surface area contributed by atoms with Crippen molar-refractivity contribution in [2.24, 2.45) is 5.92 Å². The summed E-state index contributed by atoms with van der Waals surface area (Å²) in [6.45, 7) is 3.37. The topological polar surface area (TPSA) is 45.7 Å². The molecule has 1 aromatic heterocycles. The Hall–Kier alpha value is -2.11. The third kappa shape index (κ3) is 6.22. The predicted octanol–water partition coefficient (Wildman–Crippen LogP) is 3.48. The fourth-order valence-electron chi connectivity index (χ4n) is 3.25. The highest BCUT2D eigenvalue weighted by molar-refractivity contribution is 6.30. The van der Waals surface area contributed by atoms with E-state index < -0.39 is 0 Å². The van der Waals surface area contributed by atoms with Gasteiger partial charge in [-0.3, -0.25) is 14.7 Å². The zero-order valence-corrected chi connectivity index (χ0v) is 16.4. The van der Waals surface area contributed by atoms with E-state index in [2.05, 4.69) is 4.98 Å². The van der Waals surface area contributed by atoms with Crippen LogP contribution in [0.1, 0.15) is 18.5 Å². The summed E-state index contributed by atoms with van der Waals surface area (Å²) in [6, 6.07) is 13.3. The minimum absolute atomic E-state index is 0.186. The molecule has 0 aliphatic carbocycles. The average Bonchev–Trinajstić information content (AvgIpc) is 2.68. The number of pyridine rings is 1. The molecule has 3 rings (SSSR count). The number of ether oxygens (including phenoxy) is 1. The smallest absolute Gasteiger partial charge is 0.236 e. The largest absolute Gasteiger partial charge is 0.493 e. The first kappa shape index (κ1) is 19.6. The molecule has 0 unspecified atom stereocenters. The lowest BCUT2D eigenvalue weighted by Crippen LogP contribution is -2.44. The van der Waals surface area contributed by atoms with E-state index in [1.165, 1.54) is 0 Å². The predicted molar refractivity (Wildman–Crippen MR) is 107 cm³/mol. The fraction of sp³-hybridized carbons (Fsp3) is 0.429. The van der Waals surface area contributed by atoms with Gasteiger partial charge in [-0.2, -0.15) is 0 Å². The maximum Gasteiger partial charge on any atom is 0.236 e.